The number of allylic oxidation sites excluding steroid dienone is 2. The van der Waals surface area contributed by atoms with Crippen LogP contribution in [0.4, 0.5) is 0 Å². The van der Waals surface area contributed by atoms with E-state index in [4.69, 9.17) is 0 Å². The summed E-state index contributed by atoms with van der Waals surface area (Å²) in [6, 6.07) is 37.9. The van der Waals surface area contributed by atoms with Gasteiger partial charge in [-0.3, -0.25) is 0 Å². The topological polar surface area (TPSA) is 0 Å². The zero-order valence-electron chi connectivity index (χ0n) is 20.5. The van der Waals surface area contributed by atoms with E-state index in [1.165, 1.54) is 67.7 Å². The van der Waals surface area contributed by atoms with Gasteiger partial charge in [0.15, 0.2) is 0 Å². The predicted molar refractivity (Wildman–Crippen MR) is 152 cm³/mol. The van der Waals surface area contributed by atoms with Crippen molar-refractivity contribution in [1.29, 1.82) is 0 Å². The first-order valence-electron chi connectivity index (χ1n) is 12.6. The van der Waals surface area contributed by atoms with Gasteiger partial charge in [0, 0.05) is 21.4 Å². The molecule has 2 radical (unpaired) electrons. The molecule has 0 N–H and O–H groups in total. The van der Waals surface area contributed by atoms with Crippen LogP contribution in [-0.4, -0.2) is 9.52 Å². The first kappa shape index (κ1) is 22.1. The molecule has 0 bridgehead atoms. The van der Waals surface area contributed by atoms with E-state index in [1.807, 2.05) is 0 Å². The molecule has 4 aromatic rings. The number of hydrogen-bond donors (Lipinski definition) is 0. The number of hydrogen-bond acceptors (Lipinski definition) is 0. The van der Waals surface area contributed by atoms with Crippen LogP contribution in [0.25, 0.3) is 34.4 Å². The lowest BCUT2D eigenvalue weighted by Gasteiger charge is -2.19. The van der Waals surface area contributed by atoms with Gasteiger partial charge in [-0.25, -0.2) is 0 Å². The fraction of sp³-hybridized carbons (Fsp3) is 0.176. The Kier molecular flexibility index (Phi) is 5.88. The van der Waals surface area contributed by atoms with Crippen molar-refractivity contribution in [3.8, 4) is 22.3 Å². The number of fused-ring (bicyclic) bond motifs is 2. The highest BCUT2D eigenvalue weighted by Crippen LogP contribution is 2.45. The number of rotatable bonds is 6. The maximum atomic E-state index is 2.44. The molecule has 0 fully saturated rings. The van der Waals surface area contributed by atoms with Crippen molar-refractivity contribution < 1.29 is 0 Å². The van der Waals surface area contributed by atoms with E-state index in [2.05, 4.69) is 123 Å². The standard InChI is InChI=1S/C34H30Si/c1-23-19-31-27(25-11-5-3-6-12-25)15-9-17-29(31)33(23)21-35-22-34-24(2)20-32-28(16-10-18-30(32)34)26-13-7-4-8-14-26/h3-20,33-34H,21-22H2,1-2H3. The summed E-state index contributed by atoms with van der Waals surface area (Å²) in [5.41, 5.74) is 14.3. The molecule has 2 aliphatic carbocycles. The van der Waals surface area contributed by atoms with Gasteiger partial charge in [-0.15, -0.1) is 0 Å². The van der Waals surface area contributed by atoms with Crippen LogP contribution in [0.5, 0.6) is 0 Å². The minimum absolute atomic E-state index is 0.549. The average molecular weight is 467 g/mol. The van der Waals surface area contributed by atoms with Crippen molar-refractivity contribution in [2.75, 3.05) is 0 Å². The van der Waals surface area contributed by atoms with Crippen LogP contribution in [-0.2, 0) is 0 Å². The smallest absolute Gasteiger partial charge is 0.0397 e. The molecule has 2 unspecified atom stereocenters. The molecule has 0 nitrogen and oxygen atoms in total. The normalized spacial score (nSPS) is 18.1. The molecular formula is C34H30Si. The van der Waals surface area contributed by atoms with E-state index < -0.39 is 0 Å². The third-order valence-corrected chi connectivity index (χ3v) is 9.13. The fourth-order valence-electron chi connectivity index (χ4n) is 5.90. The second kappa shape index (κ2) is 9.32. The van der Waals surface area contributed by atoms with Crippen LogP contribution >= 0.6 is 0 Å². The van der Waals surface area contributed by atoms with Crippen LogP contribution in [0.1, 0.15) is 47.9 Å². The Labute approximate surface area is 211 Å². The molecule has 170 valence electrons. The fourth-order valence-corrected chi connectivity index (χ4v) is 7.72. The first-order chi connectivity index (χ1) is 17.2. The van der Waals surface area contributed by atoms with Crippen LogP contribution in [0.3, 0.4) is 0 Å². The van der Waals surface area contributed by atoms with Crippen molar-refractivity contribution >= 4 is 21.7 Å². The van der Waals surface area contributed by atoms with E-state index in [0.717, 1.165) is 9.52 Å². The molecule has 0 amide bonds. The van der Waals surface area contributed by atoms with E-state index in [-0.39, 0.29) is 0 Å². The Morgan fingerprint density at radius 2 is 0.943 bits per heavy atom. The second-order valence-electron chi connectivity index (χ2n) is 9.89. The zero-order chi connectivity index (χ0) is 23.8. The monoisotopic (exact) mass is 466 g/mol. The highest BCUT2D eigenvalue weighted by Gasteiger charge is 2.27. The lowest BCUT2D eigenvalue weighted by molar-refractivity contribution is 0.876. The van der Waals surface area contributed by atoms with Gasteiger partial charge in [0.25, 0.3) is 0 Å². The van der Waals surface area contributed by atoms with Crippen molar-refractivity contribution in [2.45, 2.75) is 37.8 Å². The molecule has 6 rings (SSSR count). The summed E-state index contributed by atoms with van der Waals surface area (Å²) >= 11 is 0. The molecule has 2 aliphatic rings. The van der Waals surface area contributed by atoms with Crippen molar-refractivity contribution in [2.24, 2.45) is 0 Å². The summed E-state index contributed by atoms with van der Waals surface area (Å²) in [6.07, 6.45) is 4.88. The maximum Gasteiger partial charge on any atom is 0.0397 e. The summed E-state index contributed by atoms with van der Waals surface area (Å²) < 4.78 is 0. The molecule has 35 heavy (non-hydrogen) atoms. The molecule has 0 saturated carbocycles. The Bertz CT molecular complexity index is 1320. The zero-order valence-corrected chi connectivity index (χ0v) is 21.5. The van der Waals surface area contributed by atoms with E-state index >= 15 is 0 Å². The van der Waals surface area contributed by atoms with Crippen LogP contribution in [0.15, 0.2) is 108 Å². The Hall–Kier alpha value is -3.42. The first-order valence-corrected chi connectivity index (χ1v) is 14.1. The van der Waals surface area contributed by atoms with Gasteiger partial charge in [0.1, 0.15) is 0 Å². The third-order valence-electron chi connectivity index (χ3n) is 7.74. The Morgan fingerprint density at radius 1 is 0.514 bits per heavy atom. The highest BCUT2D eigenvalue weighted by atomic mass is 28.2. The predicted octanol–water partition coefficient (Wildman–Crippen LogP) is 9.26. The van der Waals surface area contributed by atoms with Crippen molar-refractivity contribution in [3.63, 3.8) is 0 Å². The molecule has 1 heteroatoms. The van der Waals surface area contributed by atoms with Crippen LogP contribution in [0, 0.1) is 0 Å². The van der Waals surface area contributed by atoms with Crippen molar-refractivity contribution in [3.05, 3.63) is 130 Å². The van der Waals surface area contributed by atoms with Gasteiger partial charge < -0.3 is 0 Å². The second-order valence-corrected chi connectivity index (χ2v) is 11.2. The lowest BCUT2D eigenvalue weighted by Crippen LogP contribution is -2.06. The van der Waals surface area contributed by atoms with Crippen LogP contribution < -0.4 is 0 Å². The lowest BCUT2D eigenvalue weighted by atomic mass is 9.93. The molecular weight excluding hydrogens is 436 g/mol. The average Bonchev–Trinajstić information content (AvgIpc) is 3.40. The summed E-state index contributed by atoms with van der Waals surface area (Å²) in [5.74, 6) is 1.10. The highest BCUT2D eigenvalue weighted by molar-refractivity contribution is 6.36. The number of benzene rings is 4. The Morgan fingerprint density at radius 3 is 1.37 bits per heavy atom. The third kappa shape index (κ3) is 4.04. The van der Waals surface area contributed by atoms with Gasteiger partial charge in [0.05, 0.1) is 0 Å². The maximum absolute atomic E-state index is 2.44. The molecule has 4 aromatic carbocycles. The van der Waals surface area contributed by atoms with Gasteiger partial charge in [-0.2, -0.15) is 0 Å². The summed E-state index contributed by atoms with van der Waals surface area (Å²) in [6.45, 7) is 4.65. The van der Waals surface area contributed by atoms with Gasteiger partial charge >= 0.3 is 0 Å². The van der Waals surface area contributed by atoms with E-state index in [1.54, 1.807) is 0 Å². The van der Waals surface area contributed by atoms with Crippen LogP contribution in [0.2, 0.25) is 12.1 Å². The minimum atomic E-state index is 0.549. The minimum Gasteiger partial charge on any atom is -0.0655 e. The Balaban J connectivity index is 1.21. The quantitative estimate of drug-likeness (QED) is 0.248. The van der Waals surface area contributed by atoms with Gasteiger partial charge in [-0.05, 0) is 58.4 Å². The summed E-state index contributed by atoms with van der Waals surface area (Å²) in [5, 5.41) is 0. The van der Waals surface area contributed by atoms with Crippen molar-refractivity contribution in [1.82, 2.24) is 0 Å². The SMILES string of the molecule is CC1=Cc2c(-c3ccccc3)cccc2C1C[Si]CC1C(C)=Cc2c(-c3ccccc3)cccc21. The van der Waals surface area contributed by atoms with E-state index in [0.29, 0.717) is 11.8 Å². The molecule has 0 aromatic heterocycles. The molecule has 0 saturated heterocycles. The van der Waals surface area contributed by atoms with Gasteiger partial charge in [0.2, 0.25) is 0 Å². The van der Waals surface area contributed by atoms with Gasteiger partial charge in [-0.1, -0.05) is 132 Å². The molecule has 0 spiro atoms. The van der Waals surface area contributed by atoms with E-state index in [9.17, 15) is 0 Å². The summed E-state index contributed by atoms with van der Waals surface area (Å²) in [4.78, 5) is 0. The molecule has 0 heterocycles. The molecule has 0 aliphatic heterocycles. The largest absolute Gasteiger partial charge is 0.0655 e. The molecule has 2 atom stereocenters. The summed E-state index contributed by atoms with van der Waals surface area (Å²) in [7, 11) is 0.941.